The predicted molar refractivity (Wildman–Crippen MR) is 90.3 cm³/mol. The zero-order valence-electron chi connectivity index (χ0n) is 12.7. The molecule has 0 aliphatic carbocycles. The molecule has 0 unspecified atom stereocenters. The van der Waals surface area contributed by atoms with E-state index in [1.807, 2.05) is 24.3 Å². The maximum Gasteiger partial charge on any atom is 0.351 e. The van der Waals surface area contributed by atoms with Crippen molar-refractivity contribution >= 4 is 35.0 Å². The summed E-state index contributed by atoms with van der Waals surface area (Å²) in [5.41, 5.74) is 1.07. The summed E-state index contributed by atoms with van der Waals surface area (Å²) < 4.78 is 7.00. The van der Waals surface area contributed by atoms with Gasteiger partial charge in [-0.1, -0.05) is 35.5 Å². The fourth-order valence-corrected chi connectivity index (χ4v) is 3.08. The molecule has 0 radical (unpaired) electrons. The van der Waals surface area contributed by atoms with Crippen LogP contribution in [-0.4, -0.2) is 32.2 Å². The Bertz CT molecular complexity index is 936. The first-order valence-corrected chi connectivity index (χ1v) is 8.33. The highest BCUT2D eigenvalue weighted by atomic mass is 35.5. The van der Waals surface area contributed by atoms with E-state index >= 15 is 0 Å². The Morgan fingerprint density at radius 2 is 2.08 bits per heavy atom. The van der Waals surface area contributed by atoms with Crippen LogP contribution in [0.4, 0.5) is 0 Å². The molecule has 124 valence electrons. The van der Waals surface area contributed by atoms with E-state index in [-0.39, 0.29) is 6.54 Å². The molecule has 0 aliphatic heterocycles. The number of nitrogens with zero attached hydrogens (tertiary/aromatic N) is 4. The molecular weight excluding hydrogens is 352 g/mol. The molecule has 0 fully saturated rings. The van der Waals surface area contributed by atoms with Crippen LogP contribution in [0.15, 0.2) is 46.5 Å². The van der Waals surface area contributed by atoms with E-state index in [0.717, 1.165) is 10.2 Å². The van der Waals surface area contributed by atoms with E-state index in [0.29, 0.717) is 21.4 Å². The van der Waals surface area contributed by atoms with Crippen LogP contribution in [0.25, 0.3) is 5.65 Å². The van der Waals surface area contributed by atoms with E-state index in [4.69, 9.17) is 11.6 Å². The lowest BCUT2D eigenvalue weighted by atomic mass is 10.2. The maximum absolute atomic E-state index is 12.2. The number of methoxy groups -OCH3 is 1. The lowest BCUT2D eigenvalue weighted by Gasteiger charge is -2.02. The van der Waals surface area contributed by atoms with Gasteiger partial charge in [0, 0.05) is 23.2 Å². The smallest absolute Gasteiger partial charge is 0.351 e. The van der Waals surface area contributed by atoms with Crippen LogP contribution in [0, 0.1) is 0 Å². The van der Waals surface area contributed by atoms with Gasteiger partial charge >= 0.3 is 11.7 Å². The van der Waals surface area contributed by atoms with Crippen molar-refractivity contribution in [3.63, 3.8) is 0 Å². The van der Waals surface area contributed by atoms with E-state index in [1.165, 1.54) is 35.7 Å². The number of aromatic nitrogens is 4. The predicted octanol–water partition coefficient (Wildman–Crippen LogP) is 2.01. The molecule has 0 atom stereocenters. The summed E-state index contributed by atoms with van der Waals surface area (Å²) in [6, 6.07) is 7.50. The van der Waals surface area contributed by atoms with Crippen molar-refractivity contribution in [2.24, 2.45) is 0 Å². The monoisotopic (exact) mass is 364 g/mol. The summed E-state index contributed by atoms with van der Waals surface area (Å²) >= 11 is 7.32. The molecule has 0 N–H and O–H groups in total. The number of carbonyl (C=O) groups excluding carboxylic acids is 1. The molecule has 7 nitrogen and oxygen atoms in total. The second kappa shape index (κ2) is 7.06. The molecule has 24 heavy (non-hydrogen) atoms. The average Bonchev–Trinajstić information content (AvgIpc) is 2.91. The molecule has 0 saturated carbocycles. The van der Waals surface area contributed by atoms with Crippen molar-refractivity contribution in [1.82, 2.24) is 19.2 Å². The first-order chi connectivity index (χ1) is 11.6. The Morgan fingerprint density at radius 1 is 1.33 bits per heavy atom. The Labute approximate surface area is 146 Å². The Kier molecular flexibility index (Phi) is 4.86. The molecule has 0 amide bonds. The lowest BCUT2D eigenvalue weighted by molar-refractivity contribution is -0.141. The molecule has 0 saturated heterocycles. The van der Waals surface area contributed by atoms with Gasteiger partial charge in [-0.15, -0.1) is 5.10 Å². The quantitative estimate of drug-likeness (QED) is 0.509. The number of fused-ring (bicyclic) bond motifs is 1. The number of esters is 1. The largest absolute Gasteiger partial charge is 0.468 e. The molecular formula is C15H13ClN4O3S. The summed E-state index contributed by atoms with van der Waals surface area (Å²) in [4.78, 5) is 27.9. The van der Waals surface area contributed by atoms with Gasteiger partial charge in [0.25, 0.3) is 0 Å². The molecule has 9 heteroatoms. The minimum Gasteiger partial charge on any atom is -0.468 e. The van der Waals surface area contributed by atoms with Gasteiger partial charge in [0.1, 0.15) is 11.6 Å². The second-order valence-electron chi connectivity index (χ2n) is 4.86. The summed E-state index contributed by atoms with van der Waals surface area (Å²) in [5, 5.41) is 5.47. The number of ether oxygens (including phenoxy) is 1. The summed E-state index contributed by atoms with van der Waals surface area (Å²) in [5.74, 6) is 0.117. The van der Waals surface area contributed by atoms with Crippen molar-refractivity contribution in [2.45, 2.75) is 17.3 Å². The number of carbonyl (C=O) groups is 1. The standard InChI is InChI=1S/C15H13ClN4O3S/c1-23-12(21)8-20-15(22)19-7-6-17-14(13(19)18-20)24-9-10-2-4-11(16)5-3-10/h2-7H,8-9H2,1H3. The minimum atomic E-state index is -0.538. The summed E-state index contributed by atoms with van der Waals surface area (Å²) in [6.07, 6.45) is 3.05. The van der Waals surface area contributed by atoms with E-state index in [1.54, 1.807) is 0 Å². The van der Waals surface area contributed by atoms with Crippen LogP contribution < -0.4 is 5.69 Å². The second-order valence-corrected chi connectivity index (χ2v) is 6.26. The Hall–Kier alpha value is -2.32. The van der Waals surface area contributed by atoms with E-state index in [2.05, 4.69) is 14.8 Å². The van der Waals surface area contributed by atoms with Crippen molar-refractivity contribution in [3.8, 4) is 0 Å². The van der Waals surface area contributed by atoms with E-state index < -0.39 is 11.7 Å². The van der Waals surface area contributed by atoms with Crippen LogP contribution in [0.2, 0.25) is 5.02 Å². The molecule has 2 heterocycles. The van der Waals surface area contributed by atoms with Crippen LogP contribution in [-0.2, 0) is 21.8 Å². The molecule has 3 rings (SSSR count). The van der Waals surface area contributed by atoms with Crippen LogP contribution in [0.5, 0.6) is 0 Å². The maximum atomic E-state index is 12.2. The minimum absolute atomic E-state index is 0.238. The molecule has 3 aromatic rings. The summed E-state index contributed by atoms with van der Waals surface area (Å²) in [6.45, 7) is -0.238. The van der Waals surface area contributed by atoms with Crippen molar-refractivity contribution < 1.29 is 9.53 Å². The van der Waals surface area contributed by atoms with E-state index in [9.17, 15) is 9.59 Å². The number of hydrogen-bond donors (Lipinski definition) is 0. The fraction of sp³-hybridized carbons (Fsp3) is 0.200. The van der Waals surface area contributed by atoms with Gasteiger partial charge in [0.05, 0.1) is 7.11 Å². The molecule has 0 spiro atoms. The zero-order chi connectivity index (χ0) is 17.1. The van der Waals surface area contributed by atoms with Gasteiger partial charge in [-0.05, 0) is 17.7 Å². The van der Waals surface area contributed by atoms with Gasteiger partial charge < -0.3 is 4.74 Å². The van der Waals surface area contributed by atoms with Crippen molar-refractivity contribution in [1.29, 1.82) is 0 Å². The number of benzene rings is 1. The van der Waals surface area contributed by atoms with Crippen molar-refractivity contribution in [2.75, 3.05) is 7.11 Å². The third-order valence-corrected chi connectivity index (χ3v) is 4.56. The van der Waals surface area contributed by atoms with Gasteiger partial charge in [0.15, 0.2) is 5.65 Å². The lowest BCUT2D eigenvalue weighted by Crippen LogP contribution is -2.25. The van der Waals surface area contributed by atoms with Crippen LogP contribution in [0.3, 0.4) is 0 Å². The highest BCUT2D eigenvalue weighted by Crippen LogP contribution is 2.24. The number of hydrogen-bond acceptors (Lipinski definition) is 6. The van der Waals surface area contributed by atoms with Crippen LogP contribution >= 0.6 is 23.4 Å². The van der Waals surface area contributed by atoms with Crippen molar-refractivity contribution in [3.05, 3.63) is 57.7 Å². The summed E-state index contributed by atoms with van der Waals surface area (Å²) in [7, 11) is 1.26. The van der Waals surface area contributed by atoms with Gasteiger partial charge in [-0.3, -0.25) is 4.79 Å². The number of rotatable bonds is 5. The highest BCUT2D eigenvalue weighted by molar-refractivity contribution is 7.98. The highest BCUT2D eigenvalue weighted by Gasteiger charge is 2.14. The van der Waals surface area contributed by atoms with Crippen LogP contribution in [0.1, 0.15) is 5.56 Å². The molecule has 2 aromatic heterocycles. The zero-order valence-corrected chi connectivity index (χ0v) is 14.3. The topological polar surface area (TPSA) is 78.5 Å². The first kappa shape index (κ1) is 16.5. The normalized spacial score (nSPS) is 10.9. The fourth-order valence-electron chi connectivity index (χ4n) is 2.05. The average molecular weight is 365 g/mol. The Morgan fingerprint density at radius 3 is 2.79 bits per heavy atom. The third kappa shape index (κ3) is 3.44. The number of thioether (sulfide) groups is 1. The van der Waals surface area contributed by atoms with Gasteiger partial charge in [0.2, 0.25) is 0 Å². The number of halogens is 1. The Balaban J connectivity index is 1.88. The van der Waals surface area contributed by atoms with Gasteiger partial charge in [-0.25, -0.2) is 18.9 Å². The SMILES string of the molecule is COC(=O)Cn1nc2c(SCc3ccc(Cl)cc3)nccn2c1=O. The molecule has 1 aromatic carbocycles. The first-order valence-electron chi connectivity index (χ1n) is 6.96. The van der Waals surface area contributed by atoms with Gasteiger partial charge in [-0.2, -0.15) is 0 Å². The molecule has 0 bridgehead atoms. The molecule has 0 aliphatic rings. The third-order valence-electron chi connectivity index (χ3n) is 3.26.